The molecule has 2 heteroatoms. The van der Waals surface area contributed by atoms with Crippen LogP contribution < -0.4 is 5.32 Å². The number of piperidine rings is 1. The molecule has 0 aromatic heterocycles. The Morgan fingerprint density at radius 2 is 1.94 bits per heavy atom. The highest BCUT2D eigenvalue weighted by Crippen LogP contribution is 2.19. The smallest absolute Gasteiger partial charge is 0.00682 e. The molecule has 1 aliphatic heterocycles. The van der Waals surface area contributed by atoms with Gasteiger partial charge >= 0.3 is 0 Å². The summed E-state index contributed by atoms with van der Waals surface area (Å²) < 4.78 is 0. The minimum Gasteiger partial charge on any atom is -0.314 e. The van der Waals surface area contributed by atoms with Gasteiger partial charge in [-0.1, -0.05) is 12.8 Å². The van der Waals surface area contributed by atoms with Crippen molar-refractivity contribution in [3.63, 3.8) is 0 Å². The van der Waals surface area contributed by atoms with Crippen molar-refractivity contribution in [2.75, 3.05) is 19.6 Å². The van der Waals surface area contributed by atoms with Crippen molar-refractivity contribution < 1.29 is 0 Å². The molecule has 0 amide bonds. The van der Waals surface area contributed by atoms with Gasteiger partial charge in [-0.05, 0) is 65.1 Å². The Morgan fingerprint density at radius 3 is 2.69 bits per heavy atom. The molecule has 2 rings (SSSR count). The molecule has 2 fully saturated rings. The molecule has 0 aromatic rings. The summed E-state index contributed by atoms with van der Waals surface area (Å²) >= 11 is 0. The number of rotatable bonds is 7. The summed E-state index contributed by atoms with van der Waals surface area (Å²) in [5, 5.41) is 3.59. The zero-order valence-electron chi connectivity index (χ0n) is 10.9. The van der Waals surface area contributed by atoms with Crippen molar-refractivity contribution in [2.45, 2.75) is 70.4 Å². The first-order chi connectivity index (χ1) is 7.86. The second-order valence-electron chi connectivity index (χ2n) is 5.67. The monoisotopic (exact) mass is 224 g/mol. The molecule has 2 nitrogen and oxygen atoms in total. The van der Waals surface area contributed by atoms with Crippen molar-refractivity contribution in [1.29, 1.82) is 0 Å². The lowest BCUT2D eigenvalue weighted by molar-refractivity contribution is 0.158. The molecule has 16 heavy (non-hydrogen) atoms. The maximum atomic E-state index is 3.59. The van der Waals surface area contributed by atoms with Crippen molar-refractivity contribution >= 4 is 0 Å². The molecule has 1 saturated heterocycles. The standard InChI is InChI=1S/C14H28N2/c1-13-7-3-6-12-16(13)11-5-2-4-10-15-14-8-9-14/h13-15H,2-12H2,1H3. The van der Waals surface area contributed by atoms with Crippen LogP contribution in [0.5, 0.6) is 0 Å². The molecule has 1 heterocycles. The van der Waals surface area contributed by atoms with Crippen molar-refractivity contribution in [1.82, 2.24) is 10.2 Å². The van der Waals surface area contributed by atoms with Gasteiger partial charge < -0.3 is 10.2 Å². The first-order valence-electron chi connectivity index (χ1n) is 7.33. The highest BCUT2D eigenvalue weighted by atomic mass is 15.1. The first-order valence-corrected chi connectivity index (χ1v) is 7.33. The van der Waals surface area contributed by atoms with Crippen LogP contribution in [0.2, 0.25) is 0 Å². The van der Waals surface area contributed by atoms with E-state index < -0.39 is 0 Å². The van der Waals surface area contributed by atoms with Crippen LogP contribution in [0.3, 0.4) is 0 Å². The molecule has 1 aliphatic carbocycles. The minimum atomic E-state index is 0.846. The average Bonchev–Trinajstić information content (AvgIpc) is 3.09. The van der Waals surface area contributed by atoms with Gasteiger partial charge in [-0.2, -0.15) is 0 Å². The van der Waals surface area contributed by atoms with Gasteiger partial charge in [0.2, 0.25) is 0 Å². The fourth-order valence-corrected chi connectivity index (χ4v) is 2.70. The number of unbranched alkanes of at least 4 members (excludes halogenated alkanes) is 2. The van der Waals surface area contributed by atoms with Crippen LogP contribution >= 0.6 is 0 Å². The van der Waals surface area contributed by atoms with E-state index in [1.165, 1.54) is 71.0 Å². The first kappa shape index (κ1) is 12.4. The molecular formula is C14H28N2. The number of nitrogens with one attached hydrogen (secondary N) is 1. The lowest BCUT2D eigenvalue weighted by Gasteiger charge is -2.33. The number of nitrogens with zero attached hydrogens (tertiary/aromatic N) is 1. The highest BCUT2D eigenvalue weighted by molar-refractivity contribution is 4.80. The Kier molecular flexibility index (Phi) is 5.11. The fourth-order valence-electron chi connectivity index (χ4n) is 2.70. The largest absolute Gasteiger partial charge is 0.314 e. The van der Waals surface area contributed by atoms with Crippen LogP contribution in [-0.4, -0.2) is 36.6 Å². The predicted octanol–water partition coefficient (Wildman–Crippen LogP) is 2.78. The molecule has 1 unspecified atom stereocenters. The Morgan fingerprint density at radius 1 is 1.06 bits per heavy atom. The summed E-state index contributed by atoms with van der Waals surface area (Å²) in [4.78, 5) is 2.69. The van der Waals surface area contributed by atoms with Gasteiger partial charge in [-0.3, -0.25) is 0 Å². The van der Waals surface area contributed by atoms with Gasteiger partial charge in [0.1, 0.15) is 0 Å². The number of hydrogen-bond acceptors (Lipinski definition) is 2. The van der Waals surface area contributed by atoms with Crippen molar-refractivity contribution in [3.8, 4) is 0 Å². The molecule has 1 N–H and O–H groups in total. The molecule has 1 saturated carbocycles. The maximum Gasteiger partial charge on any atom is 0.00682 e. The molecule has 94 valence electrons. The lowest BCUT2D eigenvalue weighted by Crippen LogP contribution is -2.38. The van der Waals surface area contributed by atoms with Gasteiger partial charge in [0.05, 0.1) is 0 Å². The highest BCUT2D eigenvalue weighted by Gasteiger charge is 2.19. The summed E-state index contributed by atoms with van der Waals surface area (Å²) in [5.74, 6) is 0. The third-order valence-corrected chi connectivity index (χ3v) is 4.07. The third-order valence-electron chi connectivity index (χ3n) is 4.07. The zero-order valence-corrected chi connectivity index (χ0v) is 10.9. The van der Waals surface area contributed by atoms with E-state index in [0.29, 0.717) is 0 Å². The van der Waals surface area contributed by atoms with E-state index >= 15 is 0 Å². The van der Waals surface area contributed by atoms with Crippen LogP contribution in [0.4, 0.5) is 0 Å². The summed E-state index contributed by atoms with van der Waals surface area (Å²) in [6.07, 6.45) is 11.3. The Hall–Kier alpha value is -0.0800. The second-order valence-corrected chi connectivity index (χ2v) is 5.67. The summed E-state index contributed by atoms with van der Waals surface area (Å²) in [7, 11) is 0. The van der Waals surface area contributed by atoms with Crippen molar-refractivity contribution in [3.05, 3.63) is 0 Å². The van der Waals surface area contributed by atoms with Gasteiger partial charge in [0.25, 0.3) is 0 Å². The Bertz CT molecular complexity index is 189. The van der Waals surface area contributed by atoms with Crippen molar-refractivity contribution in [2.24, 2.45) is 0 Å². The normalized spacial score (nSPS) is 27.2. The van der Waals surface area contributed by atoms with E-state index in [2.05, 4.69) is 17.1 Å². The second kappa shape index (κ2) is 6.61. The number of likely N-dealkylation sites (tertiary alicyclic amines) is 1. The fraction of sp³-hybridized carbons (Fsp3) is 1.00. The van der Waals surface area contributed by atoms with E-state index in [4.69, 9.17) is 0 Å². The Labute approximate surface area is 101 Å². The van der Waals surface area contributed by atoms with Crippen LogP contribution in [-0.2, 0) is 0 Å². The van der Waals surface area contributed by atoms with E-state index in [0.717, 1.165) is 12.1 Å². The molecule has 0 aromatic carbocycles. The molecule has 0 spiro atoms. The lowest BCUT2D eigenvalue weighted by atomic mass is 10.0. The van der Waals surface area contributed by atoms with Gasteiger partial charge in [-0.15, -0.1) is 0 Å². The van der Waals surface area contributed by atoms with E-state index in [-0.39, 0.29) is 0 Å². The van der Waals surface area contributed by atoms with E-state index in [1.54, 1.807) is 0 Å². The SMILES string of the molecule is CC1CCCCN1CCCCCNC1CC1. The quantitative estimate of drug-likeness (QED) is 0.669. The van der Waals surface area contributed by atoms with Gasteiger partial charge in [-0.25, -0.2) is 0 Å². The molecule has 0 bridgehead atoms. The van der Waals surface area contributed by atoms with Gasteiger partial charge in [0.15, 0.2) is 0 Å². The molecule has 0 radical (unpaired) electrons. The third kappa shape index (κ3) is 4.42. The van der Waals surface area contributed by atoms with Gasteiger partial charge in [0, 0.05) is 12.1 Å². The van der Waals surface area contributed by atoms with E-state index in [9.17, 15) is 0 Å². The zero-order chi connectivity index (χ0) is 11.2. The minimum absolute atomic E-state index is 0.846. The molecular weight excluding hydrogens is 196 g/mol. The topological polar surface area (TPSA) is 15.3 Å². The predicted molar refractivity (Wildman–Crippen MR) is 69.8 cm³/mol. The summed E-state index contributed by atoms with van der Waals surface area (Å²) in [6, 6.07) is 1.74. The van der Waals surface area contributed by atoms with Crippen LogP contribution in [0, 0.1) is 0 Å². The van der Waals surface area contributed by atoms with Crippen LogP contribution in [0.1, 0.15) is 58.3 Å². The summed E-state index contributed by atoms with van der Waals surface area (Å²) in [5.41, 5.74) is 0. The Balaban J connectivity index is 1.43. The van der Waals surface area contributed by atoms with Crippen LogP contribution in [0.25, 0.3) is 0 Å². The maximum absolute atomic E-state index is 3.59. The molecule has 2 aliphatic rings. The average molecular weight is 224 g/mol. The summed E-state index contributed by atoms with van der Waals surface area (Å²) in [6.45, 7) is 6.33. The number of hydrogen-bond donors (Lipinski definition) is 1. The van der Waals surface area contributed by atoms with E-state index in [1.807, 2.05) is 0 Å². The van der Waals surface area contributed by atoms with Crippen LogP contribution in [0.15, 0.2) is 0 Å². The molecule has 1 atom stereocenters.